The van der Waals surface area contributed by atoms with E-state index in [4.69, 9.17) is 4.74 Å². The van der Waals surface area contributed by atoms with E-state index in [-0.39, 0.29) is 0 Å². The van der Waals surface area contributed by atoms with Crippen LogP contribution >= 0.6 is 0 Å². The molecule has 0 fully saturated rings. The van der Waals surface area contributed by atoms with Gasteiger partial charge in [-0.15, -0.1) is 0 Å². The quantitative estimate of drug-likeness (QED) is 0.224. The highest BCUT2D eigenvalue weighted by Gasteiger charge is 2.22. The van der Waals surface area contributed by atoms with E-state index in [9.17, 15) is 5.26 Å². The number of hydrogen-bond acceptors (Lipinski definition) is 2. The SMILES string of the molecule is N#Cc1ccc(-c2c3ccccc3c(-c3ccc4c(c3)Oc3cccc5cccc-4c35)c3ccccc23)cc1. The fourth-order valence-electron chi connectivity index (χ4n) is 6.18. The van der Waals surface area contributed by atoms with Crippen molar-refractivity contribution in [2.24, 2.45) is 0 Å². The topological polar surface area (TPSA) is 33.0 Å². The molecule has 2 heteroatoms. The van der Waals surface area contributed by atoms with Gasteiger partial charge in [0, 0.05) is 10.9 Å². The van der Waals surface area contributed by atoms with Crippen LogP contribution in [0.15, 0.2) is 127 Å². The monoisotopic (exact) mass is 495 g/mol. The minimum absolute atomic E-state index is 0.662. The van der Waals surface area contributed by atoms with Crippen molar-refractivity contribution in [1.82, 2.24) is 0 Å². The molecule has 0 atom stereocenters. The summed E-state index contributed by atoms with van der Waals surface area (Å²) < 4.78 is 6.52. The summed E-state index contributed by atoms with van der Waals surface area (Å²) in [6.45, 7) is 0. The molecule has 0 spiro atoms. The fourth-order valence-corrected chi connectivity index (χ4v) is 6.18. The van der Waals surface area contributed by atoms with Gasteiger partial charge >= 0.3 is 0 Å². The second-order valence-electron chi connectivity index (χ2n) is 10.0. The summed E-state index contributed by atoms with van der Waals surface area (Å²) in [6, 6.07) is 46.7. The van der Waals surface area contributed by atoms with Crippen LogP contribution in [0, 0.1) is 11.3 Å². The lowest BCUT2D eigenvalue weighted by Gasteiger charge is -2.23. The van der Waals surface area contributed by atoms with Crippen LogP contribution in [0.3, 0.4) is 0 Å². The van der Waals surface area contributed by atoms with Crippen molar-refractivity contribution >= 4 is 32.3 Å². The summed E-state index contributed by atoms with van der Waals surface area (Å²) in [6.07, 6.45) is 0. The van der Waals surface area contributed by atoms with Gasteiger partial charge in [-0.3, -0.25) is 0 Å². The predicted octanol–water partition coefficient (Wildman–Crippen LogP) is 10.1. The number of rotatable bonds is 2. The molecule has 2 nitrogen and oxygen atoms in total. The zero-order valence-corrected chi connectivity index (χ0v) is 21.0. The third kappa shape index (κ3) is 3.21. The predicted molar refractivity (Wildman–Crippen MR) is 160 cm³/mol. The third-order valence-corrected chi connectivity index (χ3v) is 7.88. The highest BCUT2D eigenvalue weighted by molar-refractivity contribution is 6.21. The number of hydrogen-bond donors (Lipinski definition) is 0. The van der Waals surface area contributed by atoms with Gasteiger partial charge in [0.05, 0.1) is 11.6 Å². The summed E-state index contributed by atoms with van der Waals surface area (Å²) >= 11 is 0. The molecule has 0 unspecified atom stereocenters. The molecule has 0 saturated carbocycles. The Bertz CT molecular complexity index is 2090. The van der Waals surface area contributed by atoms with Crippen LogP contribution in [0.2, 0.25) is 0 Å². The van der Waals surface area contributed by atoms with Gasteiger partial charge in [0.15, 0.2) is 0 Å². The van der Waals surface area contributed by atoms with Crippen LogP contribution in [-0.4, -0.2) is 0 Å². The second kappa shape index (κ2) is 8.31. The van der Waals surface area contributed by atoms with Crippen molar-refractivity contribution in [3.63, 3.8) is 0 Å². The molecule has 8 rings (SSSR count). The smallest absolute Gasteiger partial charge is 0.135 e. The van der Waals surface area contributed by atoms with Crippen LogP contribution in [0.5, 0.6) is 11.5 Å². The van der Waals surface area contributed by atoms with Crippen LogP contribution in [0.1, 0.15) is 5.56 Å². The normalized spacial score (nSPS) is 11.8. The molecule has 0 N–H and O–H groups in total. The number of ether oxygens (including phenoxy) is 1. The van der Waals surface area contributed by atoms with Crippen molar-refractivity contribution in [2.45, 2.75) is 0 Å². The summed E-state index contributed by atoms with van der Waals surface area (Å²) in [7, 11) is 0. The number of benzene rings is 7. The summed E-state index contributed by atoms with van der Waals surface area (Å²) in [5.74, 6) is 1.78. The maximum Gasteiger partial charge on any atom is 0.135 e. The van der Waals surface area contributed by atoms with Gasteiger partial charge in [0.25, 0.3) is 0 Å². The molecule has 0 aromatic heterocycles. The average molecular weight is 496 g/mol. The lowest BCUT2D eigenvalue weighted by atomic mass is 9.85. The molecule has 1 aliphatic heterocycles. The molecule has 0 bridgehead atoms. The van der Waals surface area contributed by atoms with Gasteiger partial charge in [0.2, 0.25) is 0 Å². The van der Waals surface area contributed by atoms with Crippen molar-refractivity contribution in [2.75, 3.05) is 0 Å². The van der Waals surface area contributed by atoms with Gasteiger partial charge < -0.3 is 4.74 Å². The Labute approximate surface area is 226 Å². The minimum atomic E-state index is 0.662. The molecule has 1 heterocycles. The first-order chi connectivity index (χ1) is 19.3. The van der Waals surface area contributed by atoms with E-state index < -0.39 is 0 Å². The Morgan fingerprint density at radius 1 is 0.487 bits per heavy atom. The van der Waals surface area contributed by atoms with E-state index in [0.717, 1.165) is 28.2 Å². The number of nitriles is 1. The standard InChI is InChI=1S/C37H21NO/c38-22-23-15-17-25(18-16-23)35-29-9-1-3-11-31(29)36(32-12-4-2-10-30(32)35)26-19-20-27-28-13-5-7-24-8-6-14-33(37(24)28)39-34(27)21-26/h1-21H. The Morgan fingerprint density at radius 2 is 1.08 bits per heavy atom. The Morgan fingerprint density at radius 3 is 1.72 bits per heavy atom. The van der Waals surface area contributed by atoms with E-state index in [1.54, 1.807) is 0 Å². The van der Waals surface area contributed by atoms with Crippen molar-refractivity contribution in [3.8, 4) is 50.9 Å². The van der Waals surface area contributed by atoms with E-state index in [2.05, 4.69) is 121 Å². The van der Waals surface area contributed by atoms with Gasteiger partial charge in [-0.05, 0) is 85.1 Å². The van der Waals surface area contributed by atoms with Crippen molar-refractivity contribution < 1.29 is 4.74 Å². The zero-order chi connectivity index (χ0) is 25.9. The van der Waals surface area contributed by atoms with Gasteiger partial charge in [-0.25, -0.2) is 0 Å². The Balaban J connectivity index is 1.41. The van der Waals surface area contributed by atoms with E-state index in [1.165, 1.54) is 49.0 Å². The molecule has 7 aromatic rings. The van der Waals surface area contributed by atoms with Gasteiger partial charge in [-0.2, -0.15) is 5.26 Å². The van der Waals surface area contributed by atoms with Gasteiger partial charge in [-0.1, -0.05) is 97.1 Å². The van der Waals surface area contributed by atoms with E-state index in [0.29, 0.717) is 5.56 Å². The number of nitrogens with zero attached hydrogens (tertiary/aromatic N) is 1. The average Bonchev–Trinajstić information content (AvgIpc) is 3.00. The lowest BCUT2D eigenvalue weighted by Crippen LogP contribution is -1.98. The lowest BCUT2D eigenvalue weighted by molar-refractivity contribution is 0.487. The fraction of sp³-hybridized carbons (Fsp3) is 0. The van der Waals surface area contributed by atoms with Crippen LogP contribution < -0.4 is 4.74 Å². The van der Waals surface area contributed by atoms with E-state index in [1.807, 2.05) is 12.1 Å². The second-order valence-corrected chi connectivity index (χ2v) is 10.0. The molecule has 0 saturated heterocycles. The third-order valence-electron chi connectivity index (χ3n) is 7.88. The largest absolute Gasteiger partial charge is 0.456 e. The Hall–Kier alpha value is -5.39. The summed E-state index contributed by atoms with van der Waals surface area (Å²) in [4.78, 5) is 0. The van der Waals surface area contributed by atoms with Crippen LogP contribution in [0.4, 0.5) is 0 Å². The molecule has 0 aliphatic carbocycles. The summed E-state index contributed by atoms with van der Waals surface area (Å²) in [5, 5.41) is 16.4. The molecule has 7 aromatic carbocycles. The van der Waals surface area contributed by atoms with E-state index >= 15 is 0 Å². The highest BCUT2D eigenvalue weighted by Crippen LogP contribution is 2.49. The van der Waals surface area contributed by atoms with Crippen LogP contribution in [-0.2, 0) is 0 Å². The molecule has 0 radical (unpaired) electrons. The maximum absolute atomic E-state index is 9.33. The molecule has 0 amide bonds. The first kappa shape index (κ1) is 21.7. The summed E-state index contributed by atoms with van der Waals surface area (Å²) in [5.41, 5.74) is 7.60. The zero-order valence-electron chi connectivity index (χ0n) is 21.0. The van der Waals surface area contributed by atoms with Crippen molar-refractivity contribution in [1.29, 1.82) is 5.26 Å². The molecule has 39 heavy (non-hydrogen) atoms. The van der Waals surface area contributed by atoms with Gasteiger partial charge in [0.1, 0.15) is 11.5 Å². The number of fused-ring (bicyclic) bond motifs is 4. The minimum Gasteiger partial charge on any atom is -0.456 e. The molecular formula is C37H21NO. The molecule has 1 aliphatic rings. The first-order valence-electron chi connectivity index (χ1n) is 13.1. The Kier molecular flexibility index (Phi) is 4.62. The van der Waals surface area contributed by atoms with Crippen molar-refractivity contribution in [3.05, 3.63) is 133 Å². The van der Waals surface area contributed by atoms with Crippen LogP contribution in [0.25, 0.3) is 65.7 Å². The first-order valence-corrected chi connectivity index (χ1v) is 13.1. The maximum atomic E-state index is 9.33. The molecule has 180 valence electrons. The highest BCUT2D eigenvalue weighted by atomic mass is 16.5. The molecular weight excluding hydrogens is 474 g/mol.